The third-order valence-corrected chi connectivity index (χ3v) is 4.67. The highest BCUT2D eigenvalue weighted by atomic mass is 32.2. The van der Waals surface area contributed by atoms with E-state index in [1.807, 2.05) is 30.3 Å². The van der Waals surface area contributed by atoms with Crippen LogP contribution >= 0.6 is 11.8 Å². The first-order chi connectivity index (χ1) is 11.3. The van der Waals surface area contributed by atoms with Crippen molar-refractivity contribution >= 4 is 11.8 Å². The first-order valence-electron chi connectivity index (χ1n) is 7.63. The van der Waals surface area contributed by atoms with Crippen molar-refractivity contribution in [3.05, 3.63) is 90.3 Å². The quantitative estimate of drug-likeness (QED) is 0.502. The predicted octanol–water partition coefficient (Wildman–Crippen LogP) is 4.81. The molecule has 0 aliphatic heterocycles. The Morgan fingerprint density at radius 1 is 1.04 bits per heavy atom. The second-order valence-corrected chi connectivity index (χ2v) is 6.44. The highest BCUT2D eigenvalue weighted by Crippen LogP contribution is 2.36. The molecule has 0 aliphatic carbocycles. The Hall–Kier alpha value is -2.33. The molecule has 1 N–H and O–H groups in total. The first-order valence-corrected chi connectivity index (χ1v) is 8.51. The van der Waals surface area contributed by atoms with Crippen LogP contribution in [0.25, 0.3) is 0 Å². The third-order valence-electron chi connectivity index (χ3n) is 3.53. The summed E-state index contributed by atoms with van der Waals surface area (Å²) in [6.07, 6.45) is 3.60. The van der Waals surface area contributed by atoms with Gasteiger partial charge in [0.25, 0.3) is 0 Å². The van der Waals surface area contributed by atoms with Gasteiger partial charge in [-0.05, 0) is 17.5 Å². The van der Waals surface area contributed by atoms with E-state index >= 15 is 0 Å². The lowest BCUT2D eigenvalue weighted by molar-refractivity contribution is 0.928. The van der Waals surface area contributed by atoms with E-state index in [1.54, 1.807) is 11.8 Å². The van der Waals surface area contributed by atoms with Gasteiger partial charge in [0.1, 0.15) is 5.82 Å². The van der Waals surface area contributed by atoms with E-state index in [4.69, 9.17) is 0 Å². The fourth-order valence-corrected chi connectivity index (χ4v) is 3.44. The van der Waals surface area contributed by atoms with E-state index in [0.717, 1.165) is 23.8 Å². The average molecular weight is 321 g/mol. The smallest absolute Gasteiger partial charge is 0.209 e. The lowest BCUT2D eigenvalue weighted by Crippen LogP contribution is -1.93. The first kappa shape index (κ1) is 15.6. The molecular weight excluding hydrogens is 302 g/mol. The Morgan fingerprint density at radius 2 is 1.74 bits per heavy atom. The van der Waals surface area contributed by atoms with E-state index in [2.05, 4.69) is 58.2 Å². The summed E-state index contributed by atoms with van der Waals surface area (Å²) in [5.41, 5.74) is 2.50. The maximum atomic E-state index is 4.62. The second kappa shape index (κ2) is 7.79. The van der Waals surface area contributed by atoms with Gasteiger partial charge in [-0.15, -0.1) is 11.7 Å². The van der Waals surface area contributed by atoms with Crippen LogP contribution in [-0.2, 0) is 6.42 Å². The molecule has 0 spiro atoms. The molecule has 0 fully saturated rings. The number of nitrogens with zero attached hydrogens (tertiary/aromatic N) is 2. The van der Waals surface area contributed by atoms with Crippen LogP contribution in [0.3, 0.4) is 0 Å². The largest absolute Gasteiger partial charge is 0.262 e. The molecule has 0 bridgehead atoms. The average Bonchev–Trinajstić information content (AvgIpc) is 3.03. The fraction of sp³-hybridized carbons (Fsp3) is 0.158. The van der Waals surface area contributed by atoms with Gasteiger partial charge in [-0.3, -0.25) is 5.10 Å². The molecule has 0 amide bonds. The zero-order valence-corrected chi connectivity index (χ0v) is 13.7. The molecule has 3 nitrogen and oxygen atoms in total. The molecule has 0 aliphatic rings. The van der Waals surface area contributed by atoms with Gasteiger partial charge in [0, 0.05) is 11.7 Å². The van der Waals surface area contributed by atoms with Crippen molar-refractivity contribution in [1.82, 2.24) is 15.2 Å². The minimum atomic E-state index is 0.286. The number of benzene rings is 2. The zero-order chi connectivity index (χ0) is 15.9. The Balaban J connectivity index is 1.70. The lowest BCUT2D eigenvalue weighted by Gasteiger charge is -2.12. The Morgan fingerprint density at radius 3 is 2.43 bits per heavy atom. The molecule has 0 saturated carbocycles. The van der Waals surface area contributed by atoms with Crippen LogP contribution in [0, 0.1) is 0 Å². The van der Waals surface area contributed by atoms with Gasteiger partial charge in [0.15, 0.2) is 0 Å². The van der Waals surface area contributed by atoms with Crippen molar-refractivity contribution in [3.8, 4) is 0 Å². The van der Waals surface area contributed by atoms with Gasteiger partial charge in [0.05, 0.1) is 0 Å². The van der Waals surface area contributed by atoms with E-state index in [1.165, 1.54) is 11.1 Å². The van der Waals surface area contributed by atoms with Crippen molar-refractivity contribution in [2.24, 2.45) is 0 Å². The van der Waals surface area contributed by atoms with E-state index in [0.29, 0.717) is 0 Å². The molecule has 4 heteroatoms. The van der Waals surface area contributed by atoms with Crippen LogP contribution in [0.5, 0.6) is 0 Å². The minimum absolute atomic E-state index is 0.286. The molecule has 1 atom stereocenters. The molecule has 0 saturated heterocycles. The van der Waals surface area contributed by atoms with Gasteiger partial charge in [-0.25, -0.2) is 4.98 Å². The number of thioether (sulfide) groups is 1. The van der Waals surface area contributed by atoms with Crippen molar-refractivity contribution in [1.29, 1.82) is 0 Å². The molecule has 0 radical (unpaired) electrons. The molecule has 23 heavy (non-hydrogen) atoms. The van der Waals surface area contributed by atoms with Crippen LogP contribution in [-0.4, -0.2) is 15.2 Å². The van der Waals surface area contributed by atoms with Gasteiger partial charge in [-0.1, -0.05) is 78.5 Å². The maximum absolute atomic E-state index is 4.62. The molecule has 2 aromatic carbocycles. The lowest BCUT2D eigenvalue weighted by atomic mass is 10.1. The monoisotopic (exact) mass is 321 g/mol. The summed E-state index contributed by atoms with van der Waals surface area (Å²) in [4.78, 5) is 4.62. The van der Waals surface area contributed by atoms with E-state index in [-0.39, 0.29) is 5.25 Å². The summed E-state index contributed by atoms with van der Waals surface area (Å²) < 4.78 is 0. The second-order valence-electron chi connectivity index (χ2n) is 5.27. The highest BCUT2D eigenvalue weighted by molar-refractivity contribution is 7.99. The van der Waals surface area contributed by atoms with Crippen LogP contribution in [0.4, 0.5) is 0 Å². The van der Waals surface area contributed by atoms with Crippen molar-refractivity contribution in [3.63, 3.8) is 0 Å². The third kappa shape index (κ3) is 4.33. The number of H-pyrrole nitrogens is 1. The summed E-state index contributed by atoms with van der Waals surface area (Å²) >= 11 is 1.67. The number of aromatic nitrogens is 3. The van der Waals surface area contributed by atoms with E-state index < -0.39 is 0 Å². The van der Waals surface area contributed by atoms with Crippen molar-refractivity contribution < 1.29 is 0 Å². The van der Waals surface area contributed by atoms with Gasteiger partial charge < -0.3 is 0 Å². The predicted molar refractivity (Wildman–Crippen MR) is 95.5 cm³/mol. The molecule has 1 aromatic heterocycles. The molecule has 1 heterocycles. The van der Waals surface area contributed by atoms with Crippen LogP contribution < -0.4 is 0 Å². The minimum Gasteiger partial charge on any atom is -0.262 e. The van der Waals surface area contributed by atoms with E-state index in [9.17, 15) is 0 Å². The van der Waals surface area contributed by atoms with Crippen LogP contribution in [0.15, 0.2) is 78.5 Å². The standard InChI is InChI=1S/C19H19N3S/c1-2-9-17(16-12-7-4-8-13-16)23-19-20-18(21-22-19)14-15-10-5-3-6-11-15/h2-8,10-13,17H,1,9,14H2,(H,20,21,22). The van der Waals surface area contributed by atoms with Gasteiger partial charge in [0.2, 0.25) is 5.16 Å². The van der Waals surface area contributed by atoms with Crippen LogP contribution in [0.2, 0.25) is 0 Å². The Labute approximate surface area is 140 Å². The summed E-state index contributed by atoms with van der Waals surface area (Å²) in [6.45, 7) is 3.87. The summed E-state index contributed by atoms with van der Waals surface area (Å²) in [5.74, 6) is 0.893. The normalized spacial score (nSPS) is 12.0. The van der Waals surface area contributed by atoms with Gasteiger partial charge in [-0.2, -0.15) is 0 Å². The molecular formula is C19H19N3S. The number of rotatable bonds is 7. The number of hydrogen-bond acceptors (Lipinski definition) is 3. The van der Waals surface area contributed by atoms with Crippen molar-refractivity contribution in [2.75, 3.05) is 0 Å². The summed E-state index contributed by atoms with van der Waals surface area (Å²) in [6, 6.07) is 20.7. The summed E-state index contributed by atoms with van der Waals surface area (Å²) in [7, 11) is 0. The Bertz CT molecular complexity index is 738. The molecule has 1 unspecified atom stereocenters. The molecule has 3 rings (SSSR count). The maximum Gasteiger partial charge on any atom is 0.209 e. The highest BCUT2D eigenvalue weighted by Gasteiger charge is 2.14. The zero-order valence-electron chi connectivity index (χ0n) is 12.9. The van der Waals surface area contributed by atoms with Crippen molar-refractivity contribution in [2.45, 2.75) is 23.2 Å². The number of nitrogens with one attached hydrogen (secondary N) is 1. The topological polar surface area (TPSA) is 41.6 Å². The SMILES string of the molecule is C=CCC(Sc1n[nH]c(Cc2ccccc2)n1)c1ccccc1. The Kier molecular flexibility index (Phi) is 5.27. The summed E-state index contributed by atoms with van der Waals surface area (Å²) in [5, 5.41) is 8.47. The fourth-order valence-electron chi connectivity index (χ4n) is 2.40. The molecule has 3 aromatic rings. The van der Waals surface area contributed by atoms with Crippen LogP contribution in [0.1, 0.15) is 28.6 Å². The number of hydrogen-bond donors (Lipinski definition) is 1. The number of allylic oxidation sites excluding steroid dienone is 1. The molecule has 116 valence electrons. The number of aromatic amines is 1. The van der Waals surface area contributed by atoms with Gasteiger partial charge >= 0.3 is 0 Å².